The molecule has 5 rings (SSSR count). The number of nitrogens with zero attached hydrogens (tertiary/aromatic N) is 2. The van der Waals surface area contributed by atoms with Gasteiger partial charge in [-0.1, -0.05) is 11.6 Å². The molecule has 29 heavy (non-hydrogen) atoms. The van der Waals surface area contributed by atoms with Gasteiger partial charge in [-0.05, 0) is 56.1 Å². The van der Waals surface area contributed by atoms with Gasteiger partial charge in [0.1, 0.15) is 0 Å². The van der Waals surface area contributed by atoms with Crippen molar-refractivity contribution in [3.63, 3.8) is 0 Å². The molecule has 8 heteroatoms. The van der Waals surface area contributed by atoms with Crippen LogP contribution in [0.15, 0.2) is 21.3 Å². The first-order chi connectivity index (χ1) is 13.8. The van der Waals surface area contributed by atoms with E-state index in [-0.39, 0.29) is 12.4 Å². The summed E-state index contributed by atoms with van der Waals surface area (Å²) in [6.07, 6.45) is 11.1. The summed E-state index contributed by atoms with van der Waals surface area (Å²) in [5.74, 6) is 0.450. The van der Waals surface area contributed by atoms with Crippen LogP contribution in [0.2, 0.25) is 0 Å². The summed E-state index contributed by atoms with van der Waals surface area (Å²) in [4.78, 5) is 3.57. The second kappa shape index (κ2) is 9.21. The van der Waals surface area contributed by atoms with Crippen molar-refractivity contribution >= 4 is 41.5 Å². The lowest BCUT2D eigenvalue weighted by molar-refractivity contribution is -0.0800. The van der Waals surface area contributed by atoms with Crippen LogP contribution in [0.5, 0.6) is 0 Å². The van der Waals surface area contributed by atoms with Gasteiger partial charge < -0.3 is 19.8 Å². The monoisotopic (exact) mass is 438 g/mol. The zero-order valence-electron chi connectivity index (χ0n) is 16.5. The molecule has 4 heterocycles. The number of fused-ring (bicyclic) bond motifs is 3. The molecule has 158 valence electrons. The van der Waals surface area contributed by atoms with E-state index in [9.17, 15) is 0 Å². The lowest BCUT2D eigenvalue weighted by atomic mass is 9.81. The standard InChI is InChI=1S/C21H27ClN4O2.ClH/c22-17-5-8-23-20-16-11-24-25-12-18(16)26-21(20)19(17)13-1-3-14(4-2-13)28-15-6-9-27-10-7-15;/h5,12-15,23,26H,1-4,6-11H2;1H/t13-,14+;. The number of hydrogen-bond acceptors (Lipinski definition) is 5. The minimum atomic E-state index is 0. The van der Waals surface area contributed by atoms with Crippen LogP contribution < -0.4 is 16.0 Å². The molecule has 2 N–H and O–H groups in total. The van der Waals surface area contributed by atoms with Gasteiger partial charge in [-0.15, -0.1) is 12.4 Å². The number of anilines is 1. The van der Waals surface area contributed by atoms with Crippen molar-refractivity contribution in [1.82, 2.24) is 4.98 Å². The van der Waals surface area contributed by atoms with Gasteiger partial charge in [0.05, 0.1) is 41.3 Å². The molecular formula is C21H28Cl2N4O2. The van der Waals surface area contributed by atoms with Crippen LogP contribution in [0.3, 0.4) is 0 Å². The molecule has 0 amide bonds. The number of H-pyrrole nitrogens is 1. The summed E-state index contributed by atoms with van der Waals surface area (Å²) in [5.41, 5.74) is 3.58. The Morgan fingerprint density at radius 2 is 1.83 bits per heavy atom. The van der Waals surface area contributed by atoms with Crippen molar-refractivity contribution in [2.75, 3.05) is 25.1 Å². The summed E-state index contributed by atoms with van der Waals surface area (Å²) in [7, 11) is 0. The van der Waals surface area contributed by atoms with E-state index in [4.69, 9.17) is 21.1 Å². The molecule has 1 aliphatic carbocycles. The number of halogens is 2. The third kappa shape index (κ3) is 4.26. The van der Waals surface area contributed by atoms with Crippen LogP contribution in [-0.2, 0) is 16.0 Å². The number of ether oxygens (including phenoxy) is 2. The van der Waals surface area contributed by atoms with Crippen LogP contribution in [0.4, 0.5) is 5.69 Å². The van der Waals surface area contributed by atoms with Crippen LogP contribution in [0.25, 0.3) is 11.8 Å². The number of aromatic nitrogens is 1. The fourth-order valence-corrected chi connectivity index (χ4v) is 5.21. The Kier molecular flexibility index (Phi) is 6.64. The van der Waals surface area contributed by atoms with E-state index in [0.29, 0.717) is 24.7 Å². The fourth-order valence-electron chi connectivity index (χ4n) is 4.88. The SMILES string of the molecule is Cl.ClC1=CCNc2c3c([nH]c2=C1[C@H]1CC[C@@H](OC2CCOCC2)CC1)=CN=NC3. The Labute approximate surface area is 181 Å². The molecule has 6 nitrogen and oxygen atoms in total. The molecule has 1 aromatic heterocycles. The first-order valence-corrected chi connectivity index (χ1v) is 10.8. The summed E-state index contributed by atoms with van der Waals surface area (Å²) >= 11 is 6.77. The number of nitrogens with one attached hydrogen (secondary N) is 2. The Balaban J connectivity index is 0.00000205. The molecule has 2 fully saturated rings. The second-order valence-corrected chi connectivity index (χ2v) is 8.49. The fraction of sp³-hybridized carbons (Fsp3) is 0.619. The minimum absolute atomic E-state index is 0. The third-order valence-corrected chi connectivity index (χ3v) is 6.71. The third-order valence-electron chi connectivity index (χ3n) is 6.36. The Bertz CT molecular complexity index is 910. The van der Waals surface area contributed by atoms with Crippen molar-refractivity contribution in [2.24, 2.45) is 16.1 Å². The number of azo groups is 1. The van der Waals surface area contributed by atoms with Crippen LogP contribution in [-0.4, -0.2) is 37.0 Å². The zero-order chi connectivity index (χ0) is 18.9. The molecule has 1 saturated heterocycles. The van der Waals surface area contributed by atoms with E-state index < -0.39 is 0 Å². The molecule has 1 aromatic rings. The molecule has 3 aliphatic heterocycles. The molecule has 0 unspecified atom stereocenters. The maximum Gasteiger partial charge on any atom is 0.0895 e. The quantitative estimate of drug-likeness (QED) is 0.756. The van der Waals surface area contributed by atoms with Crippen molar-refractivity contribution in [2.45, 2.75) is 57.3 Å². The first kappa shape index (κ1) is 20.9. The van der Waals surface area contributed by atoms with Gasteiger partial charge in [0, 0.05) is 30.4 Å². The molecule has 1 saturated carbocycles. The van der Waals surface area contributed by atoms with Crippen molar-refractivity contribution in [3.05, 3.63) is 27.4 Å². The number of allylic oxidation sites excluding steroid dienone is 1. The van der Waals surface area contributed by atoms with Gasteiger partial charge >= 0.3 is 0 Å². The predicted octanol–water partition coefficient (Wildman–Crippen LogP) is 3.59. The van der Waals surface area contributed by atoms with E-state index >= 15 is 0 Å². The summed E-state index contributed by atoms with van der Waals surface area (Å²) in [6.45, 7) is 3.02. The van der Waals surface area contributed by atoms with Gasteiger partial charge in [0.2, 0.25) is 0 Å². The maximum atomic E-state index is 6.77. The van der Waals surface area contributed by atoms with E-state index in [2.05, 4.69) is 26.6 Å². The lowest BCUT2D eigenvalue weighted by Gasteiger charge is -2.33. The van der Waals surface area contributed by atoms with Crippen molar-refractivity contribution in [1.29, 1.82) is 0 Å². The average Bonchev–Trinajstić information content (AvgIpc) is 3.00. The molecule has 0 radical (unpaired) electrons. The van der Waals surface area contributed by atoms with Crippen LogP contribution >= 0.6 is 24.0 Å². The van der Waals surface area contributed by atoms with Gasteiger partial charge in [0.25, 0.3) is 0 Å². The van der Waals surface area contributed by atoms with Gasteiger partial charge in [-0.25, -0.2) is 0 Å². The normalized spacial score (nSPS) is 26.9. The van der Waals surface area contributed by atoms with Crippen molar-refractivity contribution in [3.8, 4) is 0 Å². The molecular weight excluding hydrogens is 411 g/mol. The van der Waals surface area contributed by atoms with E-state index in [1.54, 1.807) is 0 Å². The summed E-state index contributed by atoms with van der Waals surface area (Å²) in [6, 6.07) is 0. The predicted molar refractivity (Wildman–Crippen MR) is 117 cm³/mol. The largest absolute Gasteiger partial charge is 0.381 e. The average molecular weight is 439 g/mol. The molecule has 0 bridgehead atoms. The highest BCUT2D eigenvalue weighted by atomic mass is 35.5. The number of rotatable bonds is 3. The number of hydrogen-bond donors (Lipinski definition) is 2. The Morgan fingerprint density at radius 1 is 1.07 bits per heavy atom. The highest BCUT2D eigenvalue weighted by Gasteiger charge is 2.30. The number of aromatic amines is 1. The summed E-state index contributed by atoms with van der Waals surface area (Å²) in [5, 5.41) is 14.8. The topological polar surface area (TPSA) is 71.0 Å². The van der Waals surface area contributed by atoms with Crippen molar-refractivity contribution < 1.29 is 9.47 Å². The highest BCUT2D eigenvalue weighted by Crippen LogP contribution is 2.38. The minimum Gasteiger partial charge on any atom is -0.381 e. The van der Waals surface area contributed by atoms with E-state index in [0.717, 1.165) is 79.7 Å². The summed E-state index contributed by atoms with van der Waals surface area (Å²) < 4.78 is 11.8. The smallest absolute Gasteiger partial charge is 0.0895 e. The second-order valence-electron chi connectivity index (χ2n) is 8.08. The molecule has 0 atom stereocenters. The molecule has 4 aliphatic rings. The highest BCUT2D eigenvalue weighted by molar-refractivity contribution is 6.36. The maximum absolute atomic E-state index is 6.77. The van der Waals surface area contributed by atoms with Crippen LogP contribution in [0.1, 0.15) is 44.1 Å². The Morgan fingerprint density at radius 3 is 2.62 bits per heavy atom. The van der Waals surface area contributed by atoms with Gasteiger partial charge in [0.15, 0.2) is 0 Å². The Hall–Kier alpha value is -1.34. The van der Waals surface area contributed by atoms with Gasteiger partial charge in [-0.3, -0.25) is 0 Å². The van der Waals surface area contributed by atoms with Crippen LogP contribution in [0, 0.1) is 5.92 Å². The first-order valence-electron chi connectivity index (χ1n) is 10.4. The van der Waals surface area contributed by atoms with E-state index in [1.807, 2.05) is 6.20 Å². The molecule has 0 aromatic carbocycles. The van der Waals surface area contributed by atoms with Gasteiger partial charge in [-0.2, -0.15) is 10.2 Å². The zero-order valence-corrected chi connectivity index (χ0v) is 18.0. The lowest BCUT2D eigenvalue weighted by Crippen LogP contribution is -2.32. The van der Waals surface area contributed by atoms with E-state index in [1.165, 1.54) is 11.1 Å². The molecule has 0 spiro atoms.